The van der Waals surface area contributed by atoms with Gasteiger partial charge in [-0.15, -0.1) is 0 Å². The molecular weight excluding hydrogens is 367 g/mol. The minimum Gasteiger partial charge on any atom is -0.319 e. The summed E-state index contributed by atoms with van der Waals surface area (Å²) in [5.41, 5.74) is 0.0164. The van der Waals surface area contributed by atoms with Crippen LogP contribution in [0.2, 0.25) is 5.02 Å². The van der Waals surface area contributed by atoms with E-state index in [1.807, 2.05) is 0 Å². The van der Waals surface area contributed by atoms with Crippen LogP contribution in [-0.4, -0.2) is 31.7 Å². The first-order valence-electron chi connectivity index (χ1n) is 7.47. The summed E-state index contributed by atoms with van der Waals surface area (Å²) < 4.78 is 40.0. The van der Waals surface area contributed by atoms with Crippen molar-refractivity contribution < 1.29 is 17.6 Å². The Kier molecular flexibility index (Phi) is 5.82. The van der Waals surface area contributed by atoms with Gasteiger partial charge in [-0.25, -0.2) is 12.8 Å². The summed E-state index contributed by atoms with van der Waals surface area (Å²) in [7, 11) is -2.26. The summed E-state index contributed by atoms with van der Waals surface area (Å²) >= 11 is 5.79. The minimum absolute atomic E-state index is 0.0112. The van der Waals surface area contributed by atoms with Crippen molar-refractivity contribution in [1.29, 1.82) is 0 Å². The molecule has 0 radical (unpaired) electrons. The minimum atomic E-state index is -3.72. The van der Waals surface area contributed by atoms with Gasteiger partial charge in [0.1, 0.15) is 5.82 Å². The second kappa shape index (κ2) is 7.51. The highest BCUT2D eigenvalue weighted by molar-refractivity contribution is 7.89. The maximum Gasteiger partial charge on any atom is 0.255 e. The monoisotopic (exact) mass is 384 g/mol. The van der Waals surface area contributed by atoms with Gasteiger partial charge in [-0.1, -0.05) is 17.7 Å². The van der Waals surface area contributed by atoms with Crippen LogP contribution in [-0.2, 0) is 10.0 Å². The van der Waals surface area contributed by atoms with Crippen LogP contribution < -0.4 is 5.32 Å². The highest BCUT2D eigenvalue weighted by Crippen LogP contribution is 2.22. The highest BCUT2D eigenvalue weighted by atomic mass is 35.5. The van der Waals surface area contributed by atoms with Crippen LogP contribution in [0.4, 0.5) is 10.1 Å². The quantitative estimate of drug-likeness (QED) is 0.853. The molecule has 0 heterocycles. The van der Waals surface area contributed by atoms with Gasteiger partial charge in [0.25, 0.3) is 5.91 Å². The Morgan fingerprint density at radius 2 is 1.88 bits per heavy atom. The van der Waals surface area contributed by atoms with Crippen molar-refractivity contribution in [3.05, 3.63) is 58.9 Å². The number of anilines is 1. The van der Waals surface area contributed by atoms with Gasteiger partial charge in [0.05, 0.1) is 10.6 Å². The number of rotatable bonds is 5. The standard InChI is InChI=1S/C17H18ClFN2O3S/c1-11(2)21(3)25(23,24)14-6-4-5-12(9-14)17(22)20-16-10-13(18)7-8-15(16)19/h4-11H,1-3H3,(H,20,22). The highest BCUT2D eigenvalue weighted by Gasteiger charge is 2.24. The molecule has 2 rings (SSSR count). The lowest BCUT2D eigenvalue weighted by Crippen LogP contribution is -2.33. The number of hydrogen-bond donors (Lipinski definition) is 1. The number of carbonyl (C=O) groups excluding carboxylic acids is 1. The number of sulfonamides is 1. The normalized spacial score (nSPS) is 11.8. The summed E-state index contributed by atoms with van der Waals surface area (Å²) in [6.07, 6.45) is 0. The van der Waals surface area contributed by atoms with Crippen molar-refractivity contribution in [2.75, 3.05) is 12.4 Å². The maximum atomic E-state index is 13.7. The van der Waals surface area contributed by atoms with Crippen LogP contribution in [0.15, 0.2) is 47.4 Å². The van der Waals surface area contributed by atoms with E-state index in [1.165, 1.54) is 47.8 Å². The largest absolute Gasteiger partial charge is 0.319 e. The molecule has 1 amide bonds. The Balaban J connectivity index is 2.32. The molecule has 0 aromatic heterocycles. The van der Waals surface area contributed by atoms with Gasteiger partial charge in [0, 0.05) is 23.7 Å². The van der Waals surface area contributed by atoms with Crippen LogP contribution in [0, 0.1) is 5.82 Å². The lowest BCUT2D eigenvalue weighted by molar-refractivity contribution is 0.102. The summed E-state index contributed by atoms with van der Waals surface area (Å²) in [4.78, 5) is 12.3. The van der Waals surface area contributed by atoms with Gasteiger partial charge < -0.3 is 5.32 Å². The van der Waals surface area contributed by atoms with Gasteiger partial charge in [0.15, 0.2) is 0 Å². The first-order valence-corrected chi connectivity index (χ1v) is 9.29. The van der Waals surface area contributed by atoms with E-state index in [9.17, 15) is 17.6 Å². The lowest BCUT2D eigenvalue weighted by Gasteiger charge is -2.21. The number of benzene rings is 2. The third-order valence-corrected chi connectivity index (χ3v) is 5.94. The molecular formula is C17H18ClFN2O3S. The molecule has 8 heteroatoms. The zero-order chi connectivity index (χ0) is 18.8. The SMILES string of the molecule is CC(C)N(C)S(=O)(=O)c1cccc(C(=O)Nc2cc(Cl)ccc2F)c1. The van der Waals surface area contributed by atoms with Gasteiger partial charge in [0.2, 0.25) is 10.0 Å². The first-order chi connectivity index (χ1) is 11.6. The molecule has 0 saturated carbocycles. The molecule has 0 fully saturated rings. The number of carbonyl (C=O) groups is 1. The molecule has 0 unspecified atom stereocenters. The zero-order valence-corrected chi connectivity index (χ0v) is 15.5. The second-order valence-corrected chi connectivity index (χ2v) is 8.16. The van der Waals surface area contributed by atoms with Crippen LogP contribution in [0.1, 0.15) is 24.2 Å². The molecule has 5 nitrogen and oxygen atoms in total. The van der Waals surface area contributed by atoms with Crippen molar-refractivity contribution >= 4 is 33.2 Å². The third-order valence-electron chi connectivity index (χ3n) is 3.68. The molecule has 0 spiro atoms. The van der Waals surface area contributed by atoms with Crippen molar-refractivity contribution in [1.82, 2.24) is 4.31 Å². The lowest BCUT2D eigenvalue weighted by atomic mass is 10.2. The van der Waals surface area contributed by atoms with E-state index in [4.69, 9.17) is 11.6 Å². The number of hydrogen-bond acceptors (Lipinski definition) is 3. The average molecular weight is 385 g/mol. The Bertz CT molecular complexity index is 901. The molecule has 0 aliphatic heterocycles. The van der Waals surface area contributed by atoms with Crippen LogP contribution in [0.3, 0.4) is 0 Å². The molecule has 0 saturated heterocycles. The molecule has 0 bridgehead atoms. The predicted octanol–water partition coefficient (Wildman–Crippen LogP) is 3.76. The van der Waals surface area contributed by atoms with Gasteiger partial charge >= 0.3 is 0 Å². The van der Waals surface area contributed by atoms with Crippen LogP contribution >= 0.6 is 11.6 Å². The molecule has 1 N–H and O–H groups in total. The van der Waals surface area contributed by atoms with Crippen LogP contribution in [0.25, 0.3) is 0 Å². The molecule has 2 aromatic rings. The molecule has 2 aromatic carbocycles. The van der Waals surface area contributed by atoms with E-state index in [2.05, 4.69) is 5.32 Å². The third kappa shape index (κ3) is 4.36. The van der Waals surface area contributed by atoms with E-state index in [1.54, 1.807) is 13.8 Å². The summed E-state index contributed by atoms with van der Waals surface area (Å²) in [6, 6.07) is 9.12. The Labute approximate surface area is 151 Å². The molecule has 25 heavy (non-hydrogen) atoms. The molecule has 134 valence electrons. The number of amides is 1. The van der Waals surface area contributed by atoms with Crippen molar-refractivity contribution in [3.8, 4) is 0 Å². The molecule has 0 aliphatic rings. The smallest absolute Gasteiger partial charge is 0.255 e. The van der Waals surface area contributed by atoms with Gasteiger partial charge in [-0.05, 0) is 50.2 Å². The number of nitrogens with zero attached hydrogens (tertiary/aromatic N) is 1. The fourth-order valence-electron chi connectivity index (χ4n) is 2.03. The number of halogens is 2. The van der Waals surface area contributed by atoms with Crippen LogP contribution in [0.5, 0.6) is 0 Å². The van der Waals surface area contributed by atoms with Crippen molar-refractivity contribution in [2.45, 2.75) is 24.8 Å². The Hall–Kier alpha value is -1.96. The first kappa shape index (κ1) is 19.4. The fraction of sp³-hybridized carbons (Fsp3) is 0.235. The second-order valence-electron chi connectivity index (χ2n) is 5.72. The molecule has 0 atom stereocenters. The van der Waals surface area contributed by atoms with E-state index < -0.39 is 21.7 Å². The summed E-state index contributed by atoms with van der Waals surface area (Å²) in [6.45, 7) is 3.49. The van der Waals surface area contributed by atoms with E-state index in [-0.39, 0.29) is 27.2 Å². The van der Waals surface area contributed by atoms with Crippen molar-refractivity contribution in [2.24, 2.45) is 0 Å². The average Bonchev–Trinajstić information content (AvgIpc) is 2.57. The Morgan fingerprint density at radius 3 is 2.52 bits per heavy atom. The van der Waals surface area contributed by atoms with Gasteiger partial charge in [-0.2, -0.15) is 4.31 Å². The van der Waals surface area contributed by atoms with E-state index in [0.29, 0.717) is 0 Å². The predicted molar refractivity (Wildman–Crippen MR) is 95.9 cm³/mol. The van der Waals surface area contributed by atoms with E-state index in [0.717, 1.165) is 6.07 Å². The van der Waals surface area contributed by atoms with E-state index >= 15 is 0 Å². The fourth-order valence-corrected chi connectivity index (χ4v) is 3.62. The van der Waals surface area contributed by atoms with Gasteiger partial charge in [-0.3, -0.25) is 4.79 Å². The Morgan fingerprint density at radius 1 is 1.20 bits per heavy atom. The summed E-state index contributed by atoms with van der Waals surface area (Å²) in [5, 5.41) is 2.66. The zero-order valence-electron chi connectivity index (χ0n) is 14.0. The number of nitrogens with one attached hydrogen (secondary N) is 1. The summed E-state index contributed by atoms with van der Waals surface area (Å²) in [5.74, 6) is -1.27. The topological polar surface area (TPSA) is 66.5 Å². The molecule has 0 aliphatic carbocycles. The maximum absolute atomic E-state index is 13.7. The van der Waals surface area contributed by atoms with Crippen molar-refractivity contribution in [3.63, 3.8) is 0 Å².